The van der Waals surface area contributed by atoms with E-state index in [9.17, 15) is 9.18 Å². The van der Waals surface area contributed by atoms with Crippen LogP contribution in [0.1, 0.15) is 5.56 Å². The largest absolute Gasteiger partial charge is 0.291 e. The van der Waals surface area contributed by atoms with E-state index in [2.05, 4.69) is 20.6 Å². The molecule has 0 aliphatic carbocycles. The molecular formula is C24H17FN6O. The third kappa shape index (κ3) is 3.89. The van der Waals surface area contributed by atoms with Gasteiger partial charge in [0.2, 0.25) is 5.95 Å². The molecule has 156 valence electrons. The van der Waals surface area contributed by atoms with Gasteiger partial charge in [-0.3, -0.25) is 14.5 Å². The Morgan fingerprint density at radius 2 is 1.72 bits per heavy atom. The summed E-state index contributed by atoms with van der Waals surface area (Å²) >= 11 is 0. The van der Waals surface area contributed by atoms with Gasteiger partial charge < -0.3 is 0 Å². The van der Waals surface area contributed by atoms with E-state index in [0.717, 1.165) is 11.3 Å². The Kier molecular flexibility index (Phi) is 5.01. The van der Waals surface area contributed by atoms with Crippen LogP contribution < -0.4 is 5.32 Å². The zero-order valence-corrected chi connectivity index (χ0v) is 16.8. The zero-order chi connectivity index (χ0) is 21.9. The fraction of sp³-hybridized carbons (Fsp3) is 0. The fourth-order valence-corrected chi connectivity index (χ4v) is 3.30. The van der Waals surface area contributed by atoms with Gasteiger partial charge in [-0.05, 0) is 54.6 Å². The van der Waals surface area contributed by atoms with Gasteiger partial charge in [0, 0.05) is 29.6 Å². The highest BCUT2D eigenvalue weighted by Crippen LogP contribution is 2.25. The van der Waals surface area contributed by atoms with Crippen LogP contribution in [-0.4, -0.2) is 30.3 Å². The van der Waals surface area contributed by atoms with E-state index >= 15 is 0 Å². The molecule has 0 aliphatic rings. The molecule has 0 unspecified atom stereocenters. The Balaban J connectivity index is 1.46. The third-order valence-corrected chi connectivity index (χ3v) is 4.84. The second-order valence-electron chi connectivity index (χ2n) is 7.00. The molecule has 7 nitrogen and oxygen atoms in total. The van der Waals surface area contributed by atoms with Gasteiger partial charge in [-0.2, -0.15) is 5.10 Å². The first-order valence-electron chi connectivity index (χ1n) is 9.87. The van der Waals surface area contributed by atoms with Gasteiger partial charge in [-0.15, -0.1) is 10.2 Å². The number of amides is 1. The Hall–Kier alpha value is -4.59. The number of benzene rings is 2. The van der Waals surface area contributed by atoms with Crippen molar-refractivity contribution in [1.82, 2.24) is 24.4 Å². The van der Waals surface area contributed by atoms with Crippen LogP contribution in [0.3, 0.4) is 0 Å². The van der Waals surface area contributed by atoms with Crippen LogP contribution >= 0.6 is 0 Å². The highest BCUT2D eigenvalue weighted by molar-refractivity contribution is 6.01. The molecule has 0 saturated carbocycles. The van der Waals surface area contributed by atoms with E-state index in [1.165, 1.54) is 18.2 Å². The summed E-state index contributed by atoms with van der Waals surface area (Å²) in [5, 5.41) is 15.4. The summed E-state index contributed by atoms with van der Waals surface area (Å²) in [4.78, 5) is 12.5. The monoisotopic (exact) mass is 424 g/mol. The molecule has 3 aromatic heterocycles. The predicted molar refractivity (Wildman–Crippen MR) is 120 cm³/mol. The number of para-hydroxylation sites is 1. The molecular weight excluding hydrogens is 407 g/mol. The Bertz CT molecular complexity index is 1420. The molecule has 1 amide bonds. The van der Waals surface area contributed by atoms with Crippen molar-refractivity contribution in [2.75, 3.05) is 5.32 Å². The number of carbonyl (C=O) groups is 1. The molecule has 8 heteroatoms. The topological polar surface area (TPSA) is 77.1 Å². The number of fused-ring (bicyclic) bond motifs is 1. The van der Waals surface area contributed by atoms with Crippen LogP contribution in [-0.2, 0) is 4.79 Å². The number of pyridine rings is 1. The van der Waals surface area contributed by atoms with E-state index in [-0.39, 0.29) is 11.7 Å². The van der Waals surface area contributed by atoms with Crippen molar-refractivity contribution in [3.05, 3.63) is 103 Å². The van der Waals surface area contributed by atoms with Crippen LogP contribution in [0.2, 0.25) is 0 Å². The molecule has 5 rings (SSSR count). The average Bonchev–Trinajstić information content (AvgIpc) is 3.44. The first-order chi connectivity index (χ1) is 15.7. The van der Waals surface area contributed by atoms with Gasteiger partial charge in [-0.1, -0.05) is 24.3 Å². The van der Waals surface area contributed by atoms with Gasteiger partial charge in [0.15, 0.2) is 5.65 Å². The van der Waals surface area contributed by atoms with Gasteiger partial charge in [0.25, 0.3) is 5.91 Å². The van der Waals surface area contributed by atoms with E-state index in [1.807, 2.05) is 48.7 Å². The van der Waals surface area contributed by atoms with Crippen molar-refractivity contribution < 1.29 is 9.18 Å². The minimum atomic E-state index is -0.360. The molecule has 1 N–H and O–H groups in total. The number of anilines is 1. The second-order valence-corrected chi connectivity index (χ2v) is 7.00. The van der Waals surface area contributed by atoms with Gasteiger partial charge in [0.05, 0.1) is 11.4 Å². The molecule has 0 bridgehead atoms. The lowest BCUT2D eigenvalue weighted by molar-refractivity contribution is -0.111. The molecule has 2 aromatic carbocycles. The van der Waals surface area contributed by atoms with Gasteiger partial charge in [0.1, 0.15) is 5.82 Å². The van der Waals surface area contributed by atoms with Crippen LogP contribution in [0.5, 0.6) is 0 Å². The third-order valence-electron chi connectivity index (χ3n) is 4.84. The maximum Gasteiger partial charge on any atom is 0.250 e. The first-order valence-corrected chi connectivity index (χ1v) is 9.87. The van der Waals surface area contributed by atoms with Crippen molar-refractivity contribution in [2.24, 2.45) is 0 Å². The molecule has 5 aromatic rings. The minimum absolute atomic E-state index is 0.326. The number of rotatable bonds is 5. The van der Waals surface area contributed by atoms with Gasteiger partial charge >= 0.3 is 0 Å². The second kappa shape index (κ2) is 8.27. The summed E-state index contributed by atoms with van der Waals surface area (Å²) in [5.74, 6) is -0.358. The summed E-state index contributed by atoms with van der Waals surface area (Å²) in [5.41, 5.74) is 3.58. The number of aromatic nitrogens is 5. The van der Waals surface area contributed by atoms with Crippen LogP contribution in [0.15, 0.2) is 91.3 Å². The highest BCUT2D eigenvalue weighted by Gasteiger charge is 2.12. The van der Waals surface area contributed by atoms with Crippen molar-refractivity contribution in [3.8, 4) is 16.9 Å². The van der Waals surface area contributed by atoms with Crippen molar-refractivity contribution in [3.63, 3.8) is 0 Å². The van der Waals surface area contributed by atoms with Crippen molar-refractivity contribution in [2.45, 2.75) is 0 Å². The molecule has 0 aliphatic heterocycles. The Labute approximate surface area is 182 Å². The Morgan fingerprint density at radius 1 is 0.938 bits per heavy atom. The minimum Gasteiger partial charge on any atom is -0.291 e. The summed E-state index contributed by atoms with van der Waals surface area (Å²) in [7, 11) is 0. The normalized spacial score (nSPS) is 11.3. The summed E-state index contributed by atoms with van der Waals surface area (Å²) < 4.78 is 16.8. The maximum absolute atomic E-state index is 13.4. The number of hydrogen-bond donors (Lipinski definition) is 1. The quantitative estimate of drug-likeness (QED) is 0.425. The van der Waals surface area contributed by atoms with Crippen molar-refractivity contribution >= 4 is 23.6 Å². The fourth-order valence-electron chi connectivity index (χ4n) is 3.30. The molecule has 0 radical (unpaired) electrons. The molecule has 0 atom stereocenters. The summed E-state index contributed by atoms with van der Waals surface area (Å²) in [6, 6.07) is 21.2. The molecule has 0 fully saturated rings. The number of carbonyl (C=O) groups excluding carboxylic acids is 1. The van der Waals surface area contributed by atoms with Gasteiger partial charge in [-0.25, -0.2) is 9.07 Å². The number of nitrogens with zero attached hydrogens (tertiary/aromatic N) is 5. The molecule has 3 heterocycles. The number of nitrogens with one attached hydrogen (secondary N) is 1. The average molecular weight is 424 g/mol. The Morgan fingerprint density at radius 3 is 2.53 bits per heavy atom. The summed E-state index contributed by atoms with van der Waals surface area (Å²) in [6.07, 6.45) is 6.67. The zero-order valence-electron chi connectivity index (χ0n) is 16.8. The van der Waals surface area contributed by atoms with Crippen LogP contribution in [0, 0.1) is 5.82 Å². The van der Waals surface area contributed by atoms with Crippen molar-refractivity contribution in [1.29, 1.82) is 0 Å². The van der Waals surface area contributed by atoms with E-state index < -0.39 is 0 Å². The van der Waals surface area contributed by atoms with E-state index in [4.69, 9.17) is 0 Å². The first kappa shape index (κ1) is 19.4. The number of halogens is 1. The smallest absolute Gasteiger partial charge is 0.250 e. The van der Waals surface area contributed by atoms with E-state index in [0.29, 0.717) is 22.9 Å². The SMILES string of the molecule is O=C(/C=C/c1cn(-c2ccccc2)nc1-c1ccc(F)cc1)Nc1nnc2ccccn12. The molecule has 32 heavy (non-hydrogen) atoms. The highest BCUT2D eigenvalue weighted by atomic mass is 19.1. The van der Waals surface area contributed by atoms with E-state index in [1.54, 1.807) is 39.6 Å². The lowest BCUT2D eigenvalue weighted by Gasteiger charge is -2.01. The van der Waals surface area contributed by atoms with Crippen LogP contribution in [0.4, 0.5) is 10.3 Å². The molecule has 0 spiro atoms. The maximum atomic E-state index is 13.4. The number of hydrogen-bond acceptors (Lipinski definition) is 4. The standard InChI is InChI=1S/C24H17FN6O/c25-19-12-9-17(10-13-19)23-18(16-31(29-23)20-6-2-1-3-7-20)11-14-22(32)26-24-28-27-21-8-4-5-15-30(21)24/h1-16H,(H,26,28,32)/b14-11+. The lowest BCUT2D eigenvalue weighted by atomic mass is 10.1. The summed E-state index contributed by atoms with van der Waals surface area (Å²) in [6.45, 7) is 0. The lowest BCUT2D eigenvalue weighted by Crippen LogP contribution is -2.10. The van der Waals surface area contributed by atoms with Crippen LogP contribution in [0.25, 0.3) is 28.7 Å². The molecule has 0 saturated heterocycles. The predicted octanol–water partition coefficient (Wildman–Crippen LogP) is 4.37.